The number of rotatable bonds is 2. The molecule has 2 rings (SSSR count). The molecule has 0 bridgehead atoms. The van der Waals surface area contributed by atoms with Gasteiger partial charge in [-0.15, -0.1) is 0 Å². The topological polar surface area (TPSA) is 43.8 Å². The molecule has 0 saturated heterocycles. The molecule has 0 aliphatic heterocycles. The lowest BCUT2D eigenvalue weighted by molar-refractivity contribution is 0.270. The molecule has 3 nitrogen and oxygen atoms in total. The van der Waals surface area contributed by atoms with Gasteiger partial charge in [0, 0.05) is 17.7 Å². The minimum Gasteiger partial charge on any atom is -0.325 e. The molecule has 1 aromatic heterocycles. The van der Waals surface area contributed by atoms with Crippen LogP contribution in [0.2, 0.25) is 0 Å². The normalized spacial score (nSPS) is 17.9. The second-order valence-corrected chi connectivity index (χ2v) is 5.50. The monoisotopic (exact) mass is 207 g/mol. The van der Waals surface area contributed by atoms with Gasteiger partial charge in [-0.2, -0.15) is 5.10 Å². The highest BCUT2D eigenvalue weighted by atomic mass is 15.3. The van der Waals surface area contributed by atoms with Gasteiger partial charge < -0.3 is 5.73 Å². The van der Waals surface area contributed by atoms with Crippen LogP contribution in [0, 0.1) is 0 Å². The molecule has 0 atom stereocenters. The van der Waals surface area contributed by atoms with Crippen molar-refractivity contribution in [3.05, 3.63) is 17.5 Å². The summed E-state index contributed by atoms with van der Waals surface area (Å²) in [5.74, 6) is 0. The van der Waals surface area contributed by atoms with E-state index in [1.165, 1.54) is 25.0 Å². The summed E-state index contributed by atoms with van der Waals surface area (Å²) in [6, 6.07) is 2.79. The van der Waals surface area contributed by atoms with Gasteiger partial charge in [-0.25, -0.2) is 0 Å². The Bertz CT molecular complexity index is 342. The van der Waals surface area contributed by atoms with Gasteiger partial charge in [-0.05, 0) is 25.3 Å². The number of nitrogens with two attached hydrogens (primary N) is 1. The summed E-state index contributed by atoms with van der Waals surface area (Å²) in [7, 11) is 0. The van der Waals surface area contributed by atoms with E-state index in [1.807, 2.05) is 0 Å². The van der Waals surface area contributed by atoms with Crippen molar-refractivity contribution in [1.82, 2.24) is 9.78 Å². The van der Waals surface area contributed by atoms with Crippen LogP contribution in [-0.2, 0) is 12.0 Å². The first kappa shape index (κ1) is 10.7. The number of hydrogen-bond acceptors (Lipinski definition) is 2. The molecular weight excluding hydrogens is 186 g/mol. The average molecular weight is 207 g/mol. The van der Waals surface area contributed by atoms with Crippen molar-refractivity contribution in [2.75, 3.05) is 0 Å². The van der Waals surface area contributed by atoms with Crippen molar-refractivity contribution in [2.45, 2.75) is 58.0 Å². The molecule has 15 heavy (non-hydrogen) atoms. The van der Waals surface area contributed by atoms with Gasteiger partial charge in [-0.1, -0.05) is 20.8 Å². The fourth-order valence-electron chi connectivity index (χ4n) is 2.01. The molecule has 3 heteroatoms. The third kappa shape index (κ3) is 1.93. The molecule has 1 aliphatic carbocycles. The Morgan fingerprint density at radius 1 is 1.47 bits per heavy atom. The average Bonchev–Trinajstić information content (AvgIpc) is 2.44. The van der Waals surface area contributed by atoms with Gasteiger partial charge in [0.05, 0.1) is 11.7 Å². The van der Waals surface area contributed by atoms with Crippen molar-refractivity contribution in [3.8, 4) is 0 Å². The van der Waals surface area contributed by atoms with Crippen LogP contribution in [0.1, 0.15) is 57.5 Å². The minimum absolute atomic E-state index is 0.163. The summed E-state index contributed by atoms with van der Waals surface area (Å²) in [4.78, 5) is 0. The maximum atomic E-state index is 5.66. The smallest absolute Gasteiger partial charge is 0.0763 e. The van der Waals surface area contributed by atoms with Crippen LogP contribution in [0.5, 0.6) is 0 Å². The number of aromatic nitrogens is 2. The molecule has 1 aromatic rings. The lowest BCUT2D eigenvalue weighted by Crippen LogP contribution is -2.25. The second kappa shape index (κ2) is 3.63. The third-order valence-electron chi connectivity index (χ3n) is 3.18. The molecule has 84 valence electrons. The molecule has 0 amide bonds. The van der Waals surface area contributed by atoms with Gasteiger partial charge in [0.15, 0.2) is 0 Å². The van der Waals surface area contributed by atoms with E-state index in [4.69, 9.17) is 5.73 Å². The van der Waals surface area contributed by atoms with E-state index in [-0.39, 0.29) is 5.41 Å². The predicted octanol–water partition coefficient (Wildman–Crippen LogP) is 2.36. The number of hydrogen-bond donors (Lipinski definition) is 1. The van der Waals surface area contributed by atoms with E-state index >= 15 is 0 Å². The maximum Gasteiger partial charge on any atom is 0.0763 e. The standard InChI is InChI=1S/C12H21N3/c1-12(2,3)11-7-9(8-13)14-15(11)10-5-4-6-10/h7,10H,4-6,8,13H2,1-3H3. The maximum absolute atomic E-state index is 5.66. The van der Waals surface area contributed by atoms with Crippen molar-refractivity contribution in [1.29, 1.82) is 0 Å². The first-order valence-electron chi connectivity index (χ1n) is 5.81. The highest BCUT2D eigenvalue weighted by Crippen LogP contribution is 2.35. The predicted molar refractivity (Wildman–Crippen MR) is 61.7 cm³/mol. The molecule has 2 N–H and O–H groups in total. The van der Waals surface area contributed by atoms with Crippen LogP contribution in [0.25, 0.3) is 0 Å². The minimum atomic E-state index is 0.163. The van der Waals surface area contributed by atoms with Crippen LogP contribution in [0.4, 0.5) is 0 Å². The third-order valence-corrected chi connectivity index (χ3v) is 3.18. The summed E-state index contributed by atoms with van der Waals surface area (Å²) in [5, 5.41) is 4.61. The fraction of sp³-hybridized carbons (Fsp3) is 0.750. The fourth-order valence-corrected chi connectivity index (χ4v) is 2.01. The highest BCUT2D eigenvalue weighted by Gasteiger charge is 2.28. The van der Waals surface area contributed by atoms with Crippen molar-refractivity contribution < 1.29 is 0 Å². The molecule has 1 saturated carbocycles. The van der Waals surface area contributed by atoms with Crippen LogP contribution in [0.3, 0.4) is 0 Å². The van der Waals surface area contributed by atoms with E-state index in [2.05, 4.69) is 36.6 Å². The first-order valence-corrected chi connectivity index (χ1v) is 5.81. The molecule has 0 unspecified atom stereocenters. The molecule has 1 heterocycles. The molecule has 1 aliphatic rings. The molecule has 0 spiro atoms. The van der Waals surface area contributed by atoms with Gasteiger partial charge in [0.25, 0.3) is 0 Å². The Balaban J connectivity index is 2.37. The quantitative estimate of drug-likeness (QED) is 0.809. The van der Waals surface area contributed by atoms with Crippen molar-refractivity contribution >= 4 is 0 Å². The van der Waals surface area contributed by atoms with E-state index < -0.39 is 0 Å². The lowest BCUT2D eigenvalue weighted by atomic mass is 9.88. The zero-order chi connectivity index (χ0) is 11.1. The van der Waals surface area contributed by atoms with Crippen LogP contribution < -0.4 is 5.73 Å². The van der Waals surface area contributed by atoms with Crippen LogP contribution >= 0.6 is 0 Å². The van der Waals surface area contributed by atoms with E-state index in [0.717, 1.165) is 5.69 Å². The lowest BCUT2D eigenvalue weighted by Gasteiger charge is -2.31. The molecular formula is C12H21N3. The summed E-state index contributed by atoms with van der Waals surface area (Å²) in [5.41, 5.74) is 8.17. The van der Waals surface area contributed by atoms with Crippen LogP contribution in [0.15, 0.2) is 6.07 Å². The highest BCUT2D eigenvalue weighted by molar-refractivity contribution is 5.19. The van der Waals surface area contributed by atoms with Gasteiger partial charge in [0.1, 0.15) is 0 Å². The largest absolute Gasteiger partial charge is 0.325 e. The van der Waals surface area contributed by atoms with E-state index in [9.17, 15) is 0 Å². The molecule has 1 fully saturated rings. The SMILES string of the molecule is CC(C)(C)c1cc(CN)nn1C1CCC1. The van der Waals surface area contributed by atoms with Gasteiger partial charge in [-0.3, -0.25) is 4.68 Å². The van der Waals surface area contributed by atoms with Crippen molar-refractivity contribution in [2.24, 2.45) is 5.73 Å². The molecule has 0 aromatic carbocycles. The Hall–Kier alpha value is -0.830. The second-order valence-electron chi connectivity index (χ2n) is 5.50. The summed E-state index contributed by atoms with van der Waals surface area (Å²) in [6.45, 7) is 7.25. The zero-order valence-corrected chi connectivity index (χ0v) is 9.95. The number of nitrogens with zero attached hydrogens (tertiary/aromatic N) is 2. The molecule has 0 radical (unpaired) electrons. The van der Waals surface area contributed by atoms with Crippen molar-refractivity contribution in [3.63, 3.8) is 0 Å². The Labute approximate surface area is 91.7 Å². The Morgan fingerprint density at radius 2 is 2.13 bits per heavy atom. The Morgan fingerprint density at radius 3 is 2.53 bits per heavy atom. The van der Waals surface area contributed by atoms with E-state index in [1.54, 1.807) is 0 Å². The first-order chi connectivity index (χ1) is 7.02. The summed E-state index contributed by atoms with van der Waals surface area (Å²) < 4.78 is 2.21. The Kier molecular flexibility index (Phi) is 2.59. The van der Waals surface area contributed by atoms with Gasteiger partial charge in [0.2, 0.25) is 0 Å². The summed E-state index contributed by atoms with van der Waals surface area (Å²) in [6.07, 6.45) is 3.88. The van der Waals surface area contributed by atoms with Gasteiger partial charge >= 0.3 is 0 Å². The summed E-state index contributed by atoms with van der Waals surface area (Å²) >= 11 is 0. The van der Waals surface area contributed by atoms with E-state index in [0.29, 0.717) is 12.6 Å². The zero-order valence-electron chi connectivity index (χ0n) is 9.95. The van der Waals surface area contributed by atoms with Crippen LogP contribution in [-0.4, -0.2) is 9.78 Å².